The molecular weight excluding hydrogens is 408 g/mol. The van der Waals surface area contributed by atoms with Crippen molar-refractivity contribution in [2.45, 2.75) is 37.8 Å². The maximum absolute atomic E-state index is 11.9. The lowest BCUT2D eigenvalue weighted by Gasteiger charge is -2.30. The van der Waals surface area contributed by atoms with Crippen LogP contribution in [0.5, 0.6) is 0 Å². The van der Waals surface area contributed by atoms with E-state index in [1.807, 2.05) is 24.3 Å². The zero-order chi connectivity index (χ0) is 19.4. The number of nitriles is 1. The molecule has 0 spiro atoms. The Morgan fingerprint density at radius 1 is 1.26 bits per heavy atom. The van der Waals surface area contributed by atoms with Crippen LogP contribution < -0.4 is 22.1 Å². The molecule has 2 atom stereocenters. The monoisotopic (exact) mass is 428 g/mol. The van der Waals surface area contributed by atoms with Crippen LogP contribution in [0.15, 0.2) is 34.8 Å². The molecule has 1 aromatic heterocycles. The molecule has 6 N–H and O–H groups in total. The fourth-order valence-corrected chi connectivity index (χ4v) is 3.61. The van der Waals surface area contributed by atoms with Gasteiger partial charge in [0.2, 0.25) is 0 Å². The van der Waals surface area contributed by atoms with Crippen molar-refractivity contribution in [3.05, 3.63) is 45.9 Å². The van der Waals surface area contributed by atoms with Crippen LogP contribution in [0, 0.1) is 11.3 Å². The highest BCUT2D eigenvalue weighted by Crippen LogP contribution is 2.28. The van der Waals surface area contributed by atoms with Crippen LogP contribution >= 0.6 is 15.9 Å². The number of nitrogens with zero attached hydrogens (tertiary/aromatic N) is 2. The van der Waals surface area contributed by atoms with Crippen molar-refractivity contribution >= 4 is 39.2 Å². The molecule has 1 amide bonds. The van der Waals surface area contributed by atoms with Gasteiger partial charge in [0.25, 0.3) is 5.91 Å². The molecule has 0 saturated heterocycles. The van der Waals surface area contributed by atoms with Gasteiger partial charge >= 0.3 is 0 Å². The Labute approximate surface area is 166 Å². The van der Waals surface area contributed by atoms with E-state index in [0.29, 0.717) is 11.6 Å². The first-order valence-electron chi connectivity index (χ1n) is 8.77. The van der Waals surface area contributed by atoms with Crippen LogP contribution in [0.1, 0.15) is 41.6 Å². The molecule has 0 unspecified atom stereocenters. The van der Waals surface area contributed by atoms with E-state index in [9.17, 15) is 10.1 Å². The van der Waals surface area contributed by atoms with E-state index in [0.717, 1.165) is 35.8 Å². The summed E-state index contributed by atoms with van der Waals surface area (Å²) in [5, 5.41) is 15.9. The SMILES string of the molecule is N#Cc1cc(C(N)=O)c(Nc2cccc(Br)c2)nc1N[C@@H]1CCCC[C@@H]1N. The number of carbonyl (C=O) groups excluding carboxylic acids is 1. The van der Waals surface area contributed by atoms with E-state index in [1.165, 1.54) is 6.07 Å². The summed E-state index contributed by atoms with van der Waals surface area (Å²) in [6.07, 6.45) is 4.03. The number of amides is 1. The van der Waals surface area contributed by atoms with Crippen LogP contribution in [-0.2, 0) is 0 Å². The summed E-state index contributed by atoms with van der Waals surface area (Å²) < 4.78 is 0.883. The van der Waals surface area contributed by atoms with E-state index in [4.69, 9.17) is 11.5 Å². The van der Waals surface area contributed by atoms with Gasteiger partial charge in [-0.15, -0.1) is 0 Å². The van der Waals surface area contributed by atoms with Gasteiger partial charge in [-0.25, -0.2) is 4.98 Å². The summed E-state index contributed by atoms with van der Waals surface area (Å²) in [6, 6.07) is 11.1. The van der Waals surface area contributed by atoms with Gasteiger partial charge < -0.3 is 22.1 Å². The standard InChI is InChI=1S/C19H21BrN6O/c20-12-4-3-5-13(9-12)24-19-14(17(23)27)8-11(10-21)18(26-19)25-16-7-2-1-6-15(16)22/h3-5,8-9,15-16H,1-2,6-7,22H2,(H2,23,27)(H2,24,25,26)/t15-,16+/m0/s1. The molecule has 1 saturated carbocycles. The topological polar surface area (TPSA) is 130 Å². The molecule has 3 rings (SSSR count). The quantitative estimate of drug-likeness (QED) is 0.577. The Kier molecular flexibility index (Phi) is 5.94. The number of primary amides is 1. The zero-order valence-corrected chi connectivity index (χ0v) is 16.3. The number of anilines is 3. The van der Waals surface area contributed by atoms with Crippen molar-refractivity contribution in [3.63, 3.8) is 0 Å². The normalized spacial score (nSPS) is 19.1. The second-order valence-electron chi connectivity index (χ2n) is 6.59. The molecule has 1 heterocycles. The minimum absolute atomic E-state index is 0.00407. The van der Waals surface area contributed by atoms with Gasteiger partial charge in [0, 0.05) is 22.2 Å². The summed E-state index contributed by atoms with van der Waals surface area (Å²) in [6.45, 7) is 0. The lowest BCUT2D eigenvalue weighted by molar-refractivity contribution is 0.100. The van der Waals surface area contributed by atoms with E-state index in [2.05, 4.69) is 37.6 Å². The van der Waals surface area contributed by atoms with Gasteiger partial charge in [0.1, 0.15) is 17.7 Å². The highest BCUT2D eigenvalue weighted by Gasteiger charge is 2.24. The van der Waals surface area contributed by atoms with E-state index >= 15 is 0 Å². The van der Waals surface area contributed by atoms with Crippen LogP contribution in [-0.4, -0.2) is 23.0 Å². The van der Waals surface area contributed by atoms with Crippen molar-refractivity contribution < 1.29 is 4.79 Å². The summed E-state index contributed by atoms with van der Waals surface area (Å²) in [4.78, 5) is 16.4. The maximum atomic E-state index is 11.9. The number of nitrogens with one attached hydrogen (secondary N) is 2. The lowest BCUT2D eigenvalue weighted by atomic mass is 9.91. The number of halogens is 1. The Morgan fingerprint density at radius 3 is 2.70 bits per heavy atom. The molecule has 8 heteroatoms. The molecule has 0 radical (unpaired) electrons. The summed E-state index contributed by atoms with van der Waals surface area (Å²) in [5.41, 5.74) is 12.9. The zero-order valence-electron chi connectivity index (χ0n) is 14.7. The van der Waals surface area contributed by atoms with Crippen LogP contribution in [0.4, 0.5) is 17.3 Å². The first-order chi connectivity index (χ1) is 13.0. The molecule has 1 aromatic carbocycles. The molecule has 7 nitrogen and oxygen atoms in total. The fraction of sp³-hybridized carbons (Fsp3) is 0.316. The van der Waals surface area contributed by atoms with Crippen molar-refractivity contribution in [2.24, 2.45) is 11.5 Å². The molecule has 0 bridgehead atoms. The van der Waals surface area contributed by atoms with Gasteiger partial charge in [-0.05, 0) is 37.1 Å². The number of pyridine rings is 1. The molecule has 140 valence electrons. The predicted octanol–water partition coefficient (Wildman–Crippen LogP) is 3.24. The average Bonchev–Trinajstić information content (AvgIpc) is 2.63. The van der Waals surface area contributed by atoms with Crippen molar-refractivity contribution in [3.8, 4) is 6.07 Å². The second-order valence-corrected chi connectivity index (χ2v) is 7.51. The third kappa shape index (κ3) is 4.56. The van der Waals surface area contributed by atoms with Crippen molar-refractivity contribution in [2.75, 3.05) is 10.6 Å². The van der Waals surface area contributed by atoms with Crippen LogP contribution in [0.25, 0.3) is 0 Å². The Hall–Kier alpha value is -2.63. The minimum Gasteiger partial charge on any atom is -0.365 e. The summed E-state index contributed by atoms with van der Waals surface area (Å²) in [7, 11) is 0. The van der Waals surface area contributed by atoms with E-state index in [1.54, 1.807) is 0 Å². The molecule has 27 heavy (non-hydrogen) atoms. The van der Waals surface area contributed by atoms with E-state index in [-0.39, 0.29) is 23.2 Å². The molecular formula is C19H21BrN6O. The largest absolute Gasteiger partial charge is 0.365 e. The van der Waals surface area contributed by atoms with Crippen molar-refractivity contribution in [1.82, 2.24) is 4.98 Å². The number of aromatic nitrogens is 1. The fourth-order valence-electron chi connectivity index (χ4n) is 3.21. The number of hydrogen-bond donors (Lipinski definition) is 4. The smallest absolute Gasteiger partial charge is 0.252 e. The van der Waals surface area contributed by atoms with Gasteiger partial charge in [-0.1, -0.05) is 34.8 Å². The van der Waals surface area contributed by atoms with Gasteiger partial charge in [0.05, 0.1) is 11.1 Å². The van der Waals surface area contributed by atoms with Crippen LogP contribution in [0.3, 0.4) is 0 Å². The maximum Gasteiger partial charge on any atom is 0.252 e. The molecule has 1 aliphatic carbocycles. The Bertz CT molecular complexity index is 894. The average molecular weight is 429 g/mol. The number of benzene rings is 1. The first kappa shape index (κ1) is 19.1. The molecule has 2 aromatic rings. The number of nitrogens with two attached hydrogens (primary N) is 2. The molecule has 1 aliphatic rings. The predicted molar refractivity (Wildman–Crippen MR) is 109 cm³/mol. The second kappa shape index (κ2) is 8.37. The third-order valence-electron chi connectivity index (χ3n) is 4.64. The lowest BCUT2D eigenvalue weighted by Crippen LogP contribution is -2.43. The molecule has 1 fully saturated rings. The van der Waals surface area contributed by atoms with Gasteiger partial charge in [0.15, 0.2) is 0 Å². The third-order valence-corrected chi connectivity index (χ3v) is 5.13. The molecule has 0 aliphatic heterocycles. The number of carbonyl (C=O) groups is 1. The summed E-state index contributed by atoms with van der Waals surface area (Å²) in [5.74, 6) is 0.0474. The Morgan fingerprint density at radius 2 is 2.04 bits per heavy atom. The van der Waals surface area contributed by atoms with Crippen LogP contribution in [0.2, 0.25) is 0 Å². The first-order valence-corrected chi connectivity index (χ1v) is 9.57. The summed E-state index contributed by atoms with van der Waals surface area (Å²) >= 11 is 3.41. The Balaban J connectivity index is 1.97. The highest BCUT2D eigenvalue weighted by molar-refractivity contribution is 9.10. The van der Waals surface area contributed by atoms with E-state index < -0.39 is 5.91 Å². The minimum atomic E-state index is -0.655. The highest BCUT2D eigenvalue weighted by atomic mass is 79.9. The van der Waals surface area contributed by atoms with Crippen molar-refractivity contribution in [1.29, 1.82) is 5.26 Å². The van der Waals surface area contributed by atoms with Gasteiger partial charge in [-0.2, -0.15) is 5.26 Å². The number of rotatable bonds is 5. The number of hydrogen-bond acceptors (Lipinski definition) is 6. The van der Waals surface area contributed by atoms with Gasteiger partial charge in [-0.3, -0.25) is 4.79 Å².